The molecular formula is C28H34N2O5. The molecule has 2 aliphatic rings. The summed E-state index contributed by atoms with van der Waals surface area (Å²) in [5.41, 5.74) is 2.99. The van der Waals surface area contributed by atoms with Crippen LogP contribution in [0.4, 0.5) is 4.79 Å². The largest absolute Gasteiger partial charge is 0.481 e. The summed E-state index contributed by atoms with van der Waals surface area (Å²) in [4.78, 5) is 37.7. The summed E-state index contributed by atoms with van der Waals surface area (Å²) in [6, 6.07) is 15.3. The Hall–Kier alpha value is -3.35. The molecule has 1 atom stereocenters. The first-order chi connectivity index (χ1) is 16.6. The van der Waals surface area contributed by atoms with Gasteiger partial charge in [-0.3, -0.25) is 9.59 Å². The SMILES string of the molecule is CC(C)(C)[C@H](NC(=O)OCC1c2ccccc2-c2ccccc21)C(=O)NCC1(C(=O)O)CCCC1. The summed E-state index contributed by atoms with van der Waals surface area (Å²) in [6.45, 7) is 5.76. The van der Waals surface area contributed by atoms with Crippen LogP contribution in [0.25, 0.3) is 11.1 Å². The monoisotopic (exact) mass is 478 g/mol. The van der Waals surface area contributed by atoms with Crippen molar-refractivity contribution < 1.29 is 24.2 Å². The minimum atomic E-state index is -0.929. The lowest BCUT2D eigenvalue weighted by Gasteiger charge is -2.32. The van der Waals surface area contributed by atoms with E-state index in [-0.39, 0.29) is 19.1 Å². The third kappa shape index (κ3) is 5.04. The fourth-order valence-electron chi connectivity index (χ4n) is 5.31. The van der Waals surface area contributed by atoms with E-state index in [1.54, 1.807) is 0 Å². The van der Waals surface area contributed by atoms with Gasteiger partial charge in [0.15, 0.2) is 0 Å². The number of rotatable bonds is 7. The molecule has 1 fully saturated rings. The average Bonchev–Trinajstić information content (AvgIpc) is 3.43. The van der Waals surface area contributed by atoms with E-state index >= 15 is 0 Å². The van der Waals surface area contributed by atoms with Crippen LogP contribution in [0, 0.1) is 10.8 Å². The molecule has 35 heavy (non-hydrogen) atoms. The molecule has 0 unspecified atom stereocenters. The molecule has 2 aromatic carbocycles. The van der Waals surface area contributed by atoms with E-state index in [0.29, 0.717) is 12.8 Å². The molecule has 0 heterocycles. The van der Waals surface area contributed by atoms with Gasteiger partial charge in [-0.05, 0) is 40.5 Å². The predicted octanol–water partition coefficient (Wildman–Crippen LogP) is 4.70. The first-order valence-corrected chi connectivity index (χ1v) is 12.2. The van der Waals surface area contributed by atoms with Crippen LogP contribution in [0.3, 0.4) is 0 Å². The summed E-state index contributed by atoms with van der Waals surface area (Å²) in [5.74, 6) is -1.36. The fourth-order valence-corrected chi connectivity index (χ4v) is 5.31. The molecule has 4 rings (SSSR count). The Morgan fingerprint density at radius 3 is 2.06 bits per heavy atom. The zero-order valence-corrected chi connectivity index (χ0v) is 20.6. The average molecular weight is 479 g/mol. The molecule has 7 nitrogen and oxygen atoms in total. The number of carboxylic acids is 1. The molecule has 0 aliphatic heterocycles. The van der Waals surface area contributed by atoms with Crippen molar-refractivity contribution in [1.29, 1.82) is 0 Å². The van der Waals surface area contributed by atoms with Crippen molar-refractivity contribution in [3.8, 4) is 11.1 Å². The summed E-state index contributed by atoms with van der Waals surface area (Å²) < 4.78 is 5.63. The number of hydrogen-bond acceptors (Lipinski definition) is 4. The molecule has 7 heteroatoms. The third-order valence-electron chi connectivity index (χ3n) is 7.35. The third-order valence-corrected chi connectivity index (χ3v) is 7.35. The minimum Gasteiger partial charge on any atom is -0.481 e. The van der Waals surface area contributed by atoms with Crippen molar-refractivity contribution in [2.45, 2.75) is 58.4 Å². The van der Waals surface area contributed by atoms with E-state index in [1.165, 1.54) is 0 Å². The highest BCUT2D eigenvalue weighted by atomic mass is 16.5. The normalized spacial score (nSPS) is 17.2. The van der Waals surface area contributed by atoms with Gasteiger partial charge >= 0.3 is 12.1 Å². The van der Waals surface area contributed by atoms with E-state index in [4.69, 9.17) is 4.74 Å². The van der Waals surface area contributed by atoms with Crippen molar-refractivity contribution in [2.75, 3.05) is 13.2 Å². The molecule has 186 valence electrons. The number of hydrogen-bond donors (Lipinski definition) is 3. The van der Waals surface area contributed by atoms with Gasteiger partial charge in [0.05, 0.1) is 5.41 Å². The summed E-state index contributed by atoms with van der Waals surface area (Å²) in [5, 5.41) is 15.2. The van der Waals surface area contributed by atoms with Crippen LogP contribution in [0.5, 0.6) is 0 Å². The second kappa shape index (κ2) is 9.72. The Labute approximate surface area is 206 Å². The maximum atomic E-state index is 13.1. The van der Waals surface area contributed by atoms with E-state index in [0.717, 1.165) is 35.1 Å². The zero-order valence-electron chi connectivity index (χ0n) is 20.6. The smallest absolute Gasteiger partial charge is 0.407 e. The molecule has 0 saturated heterocycles. The van der Waals surface area contributed by atoms with Crippen molar-refractivity contribution in [2.24, 2.45) is 10.8 Å². The van der Waals surface area contributed by atoms with Crippen LogP contribution in [0.1, 0.15) is 63.5 Å². The molecule has 0 spiro atoms. The lowest BCUT2D eigenvalue weighted by Crippen LogP contribution is -2.55. The summed E-state index contributed by atoms with van der Waals surface area (Å²) in [7, 11) is 0. The fraction of sp³-hybridized carbons (Fsp3) is 0.464. The molecule has 2 amide bonds. The molecule has 0 radical (unpaired) electrons. The van der Waals surface area contributed by atoms with Crippen LogP contribution in [0.2, 0.25) is 0 Å². The number of ether oxygens (including phenoxy) is 1. The van der Waals surface area contributed by atoms with Gasteiger partial charge < -0.3 is 20.5 Å². The van der Waals surface area contributed by atoms with Gasteiger partial charge in [-0.15, -0.1) is 0 Å². The van der Waals surface area contributed by atoms with Crippen LogP contribution < -0.4 is 10.6 Å². The highest BCUT2D eigenvalue weighted by Gasteiger charge is 2.43. The molecule has 0 bridgehead atoms. The number of fused-ring (bicyclic) bond motifs is 3. The standard InChI is InChI=1S/C28H34N2O5/c1-27(2,3)23(24(31)29-17-28(25(32)33)14-8-9-15-28)30-26(34)35-16-22-20-12-6-4-10-18(20)19-11-5-7-13-21(19)22/h4-7,10-13,22-23H,8-9,14-17H2,1-3H3,(H,29,31)(H,30,34)(H,32,33)/t23-/m1/s1. The van der Waals surface area contributed by atoms with Gasteiger partial charge in [-0.25, -0.2) is 4.79 Å². The molecular weight excluding hydrogens is 444 g/mol. The minimum absolute atomic E-state index is 0.0557. The Kier molecular flexibility index (Phi) is 6.88. The van der Waals surface area contributed by atoms with Crippen LogP contribution in [0.15, 0.2) is 48.5 Å². The number of aliphatic carboxylic acids is 1. The van der Waals surface area contributed by atoms with Gasteiger partial charge in [0.1, 0.15) is 12.6 Å². The van der Waals surface area contributed by atoms with E-state index in [2.05, 4.69) is 22.8 Å². The quantitative estimate of drug-likeness (QED) is 0.535. The van der Waals surface area contributed by atoms with Crippen molar-refractivity contribution in [1.82, 2.24) is 10.6 Å². The first-order valence-electron chi connectivity index (χ1n) is 12.2. The topological polar surface area (TPSA) is 105 Å². The highest BCUT2D eigenvalue weighted by molar-refractivity contribution is 5.87. The van der Waals surface area contributed by atoms with Gasteiger partial charge in [0.25, 0.3) is 0 Å². The number of carbonyl (C=O) groups excluding carboxylic acids is 2. The van der Waals surface area contributed by atoms with Gasteiger partial charge in [-0.2, -0.15) is 0 Å². The Bertz CT molecular complexity index is 1070. The molecule has 3 N–H and O–H groups in total. The van der Waals surface area contributed by atoms with Gasteiger partial charge in [-0.1, -0.05) is 82.1 Å². The Morgan fingerprint density at radius 1 is 1.00 bits per heavy atom. The number of nitrogens with one attached hydrogen (secondary N) is 2. The lowest BCUT2D eigenvalue weighted by atomic mass is 9.84. The van der Waals surface area contributed by atoms with Gasteiger partial charge in [0.2, 0.25) is 5.91 Å². The van der Waals surface area contributed by atoms with Crippen LogP contribution >= 0.6 is 0 Å². The van der Waals surface area contributed by atoms with Crippen molar-refractivity contribution in [3.63, 3.8) is 0 Å². The first kappa shape index (κ1) is 24.8. The lowest BCUT2D eigenvalue weighted by molar-refractivity contribution is -0.148. The van der Waals surface area contributed by atoms with E-state index < -0.39 is 34.8 Å². The summed E-state index contributed by atoms with van der Waals surface area (Å²) in [6.07, 6.45) is 2.09. The van der Waals surface area contributed by atoms with Crippen LogP contribution in [-0.4, -0.2) is 42.3 Å². The molecule has 2 aliphatic carbocycles. The maximum absolute atomic E-state index is 13.1. The number of alkyl carbamates (subject to hydrolysis) is 1. The van der Waals surface area contributed by atoms with E-state index in [9.17, 15) is 19.5 Å². The van der Waals surface area contributed by atoms with Crippen LogP contribution in [-0.2, 0) is 14.3 Å². The zero-order chi connectivity index (χ0) is 25.2. The summed E-state index contributed by atoms with van der Waals surface area (Å²) >= 11 is 0. The van der Waals surface area contributed by atoms with Gasteiger partial charge in [0, 0.05) is 12.5 Å². The van der Waals surface area contributed by atoms with Crippen molar-refractivity contribution >= 4 is 18.0 Å². The second-order valence-electron chi connectivity index (χ2n) is 10.8. The number of carboxylic acid groups (broad SMARTS) is 1. The van der Waals surface area contributed by atoms with E-state index in [1.807, 2.05) is 57.2 Å². The molecule has 2 aromatic rings. The molecule has 0 aromatic heterocycles. The number of carbonyl (C=O) groups is 3. The Balaban J connectivity index is 1.41. The Morgan fingerprint density at radius 2 is 1.54 bits per heavy atom. The second-order valence-corrected chi connectivity index (χ2v) is 10.8. The predicted molar refractivity (Wildman–Crippen MR) is 133 cm³/mol. The highest BCUT2D eigenvalue weighted by Crippen LogP contribution is 2.44. The number of benzene rings is 2. The maximum Gasteiger partial charge on any atom is 0.407 e. The van der Waals surface area contributed by atoms with Crippen molar-refractivity contribution in [3.05, 3.63) is 59.7 Å². The number of amides is 2. The molecule has 1 saturated carbocycles.